The minimum atomic E-state index is -0.124. The number of carbonyl (C=O) groups is 1. The number of amides is 1. The molecule has 0 radical (unpaired) electrons. The molecule has 24 heavy (non-hydrogen) atoms. The van der Waals surface area contributed by atoms with Gasteiger partial charge in [0.25, 0.3) is 0 Å². The van der Waals surface area contributed by atoms with Crippen molar-refractivity contribution in [2.75, 3.05) is 12.4 Å². The molecule has 1 amide bonds. The van der Waals surface area contributed by atoms with Crippen molar-refractivity contribution in [1.82, 2.24) is 14.8 Å². The van der Waals surface area contributed by atoms with Gasteiger partial charge in [-0.05, 0) is 35.1 Å². The van der Waals surface area contributed by atoms with E-state index in [9.17, 15) is 4.79 Å². The summed E-state index contributed by atoms with van der Waals surface area (Å²) in [5.41, 5.74) is 2.34. The van der Waals surface area contributed by atoms with Crippen molar-refractivity contribution in [3.05, 3.63) is 41.0 Å². The lowest BCUT2D eigenvalue weighted by Crippen LogP contribution is -2.18. The lowest BCUT2D eigenvalue weighted by molar-refractivity contribution is -0.116. The Labute approximate surface area is 144 Å². The molecule has 0 fully saturated rings. The van der Waals surface area contributed by atoms with E-state index in [0.29, 0.717) is 17.7 Å². The molecule has 0 saturated heterocycles. The van der Waals surface area contributed by atoms with Gasteiger partial charge in [-0.25, -0.2) is 0 Å². The summed E-state index contributed by atoms with van der Waals surface area (Å²) in [5, 5.41) is 13.1. The van der Waals surface area contributed by atoms with Gasteiger partial charge in [0.1, 0.15) is 18.2 Å². The highest BCUT2D eigenvalue weighted by Crippen LogP contribution is 2.22. The van der Waals surface area contributed by atoms with Gasteiger partial charge in [-0.1, -0.05) is 31.3 Å². The van der Waals surface area contributed by atoms with Crippen LogP contribution in [0.2, 0.25) is 0 Å². The zero-order valence-corrected chi connectivity index (χ0v) is 14.8. The number of nitrogens with zero attached hydrogens (tertiary/aromatic N) is 3. The van der Waals surface area contributed by atoms with Crippen LogP contribution in [0.1, 0.15) is 30.3 Å². The Balaban J connectivity index is 1.70. The molecule has 0 aliphatic carbocycles. The molecular weight excluding hydrogens is 324 g/mol. The molecule has 3 aromatic rings. The van der Waals surface area contributed by atoms with Crippen molar-refractivity contribution in [2.45, 2.75) is 32.9 Å². The topological polar surface area (TPSA) is 69.0 Å². The van der Waals surface area contributed by atoms with Crippen molar-refractivity contribution in [1.29, 1.82) is 0 Å². The van der Waals surface area contributed by atoms with Crippen LogP contribution in [-0.4, -0.2) is 27.8 Å². The van der Waals surface area contributed by atoms with Crippen LogP contribution < -0.4 is 5.32 Å². The van der Waals surface area contributed by atoms with Crippen molar-refractivity contribution in [2.24, 2.45) is 0 Å². The molecule has 3 rings (SSSR count). The zero-order valence-electron chi connectivity index (χ0n) is 13.9. The van der Waals surface area contributed by atoms with E-state index in [1.165, 1.54) is 16.9 Å². The molecule has 0 atom stereocenters. The van der Waals surface area contributed by atoms with Gasteiger partial charge in [-0.2, -0.15) is 0 Å². The van der Waals surface area contributed by atoms with Crippen LogP contribution in [0.25, 0.3) is 10.9 Å². The van der Waals surface area contributed by atoms with E-state index in [2.05, 4.69) is 47.6 Å². The molecule has 0 aliphatic rings. The molecule has 0 aliphatic heterocycles. The van der Waals surface area contributed by atoms with Crippen molar-refractivity contribution in [3.8, 4) is 0 Å². The largest absolute Gasteiger partial charge is 0.377 e. The summed E-state index contributed by atoms with van der Waals surface area (Å²) < 4.78 is 6.93. The SMILES string of the molecule is COCc1nnc(NC(=O)Cn2ccc3cc(C(C)C)ccc32)s1. The number of methoxy groups -OCH3 is 1. The Morgan fingerprint density at radius 1 is 1.33 bits per heavy atom. The van der Waals surface area contributed by atoms with Gasteiger partial charge in [-0.3, -0.25) is 10.1 Å². The maximum absolute atomic E-state index is 12.2. The summed E-state index contributed by atoms with van der Waals surface area (Å²) in [7, 11) is 1.60. The average Bonchev–Trinajstić information content (AvgIpc) is 3.14. The number of hydrogen-bond acceptors (Lipinski definition) is 5. The summed E-state index contributed by atoms with van der Waals surface area (Å²) in [5.74, 6) is 0.361. The summed E-state index contributed by atoms with van der Waals surface area (Å²) in [6, 6.07) is 8.40. The van der Waals surface area contributed by atoms with Gasteiger partial charge in [-0.15, -0.1) is 10.2 Å². The van der Waals surface area contributed by atoms with E-state index < -0.39 is 0 Å². The highest BCUT2D eigenvalue weighted by atomic mass is 32.1. The van der Waals surface area contributed by atoms with Crippen molar-refractivity contribution < 1.29 is 9.53 Å². The fourth-order valence-corrected chi connectivity index (χ4v) is 3.24. The third-order valence-corrected chi connectivity index (χ3v) is 4.57. The number of rotatable bonds is 6. The normalized spacial score (nSPS) is 11.3. The highest BCUT2D eigenvalue weighted by Gasteiger charge is 2.11. The lowest BCUT2D eigenvalue weighted by atomic mass is 10.0. The molecule has 6 nitrogen and oxygen atoms in total. The Kier molecular flexibility index (Phi) is 4.92. The molecule has 0 bridgehead atoms. The van der Waals surface area contributed by atoms with Gasteiger partial charge in [0, 0.05) is 18.8 Å². The summed E-state index contributed by atoms with van der Waals surface area (Å²) in [6.45, 7) is 4.98. The number of carbonyl (C=O) groups excluding carboxylic acids is 1. The van der Waals surface area contributed by atoms with Crippen LogP contribution in [-0.2, 0) is 22.7 Å². The van der Waals surface area contributed by atoms with Gasteiger partial charge in [0.05, 0.1) is 0 Å². The first-order valence-electron chi connectivity index (χ1n) is 7.77. The Hall–Kier alpha value is -2.25. The number of anilines is 1. The molecular formula is C17H20N4O2S. The molecule has 1 N–H and O–H groups in total. The number of hydrogen-bond donors (Lipinski definition) is 1. The Morgan fingerprint density at radius 2 is 2.17 bits per heavy atom. The number of ether oxygens (including phenoxy) is 1. The lowest BCUT2D eigenvalue weighted by Gasteiger charge is -2.08. The molecule has 2 aromatic heterocycles. The highest BCUT2D eigenvalue weighted by molar-refractivity contribution is 7.15. The third kappa shape index (κ3) is 3.63. The fourth-order valence-electron chi connectivity index (χ4n) is 2.52. The quantitative estimate of drug-likeness (QED) is 0.744. The van der Waals surface area contributed by atoms with Crippen LogP contribution in [0.15, 0.2) is 30.5 Å². The zero-order chi connectivity index (χ0) is 17.1. The van der Waals surface area contributed by atoms with E-state index in [1.54, 1.807) is 7.11 Å². The molecule has 0 spiro atoms. The molecule has 7 heteroatoms. The van der Waals surface area contributed by atoms with E-state index in [1.807, 2.05) is 16.8 Å². The summed E-state index contributed by atoms with van der Waals surface area (Å²) >= 11 is 1.32. The van der Waals surface area contributed by atoms with Gasteiger partial charge in [0.2, 0.25) is 11.0 Å². The first-order chi connectivity index (χ1) is 11.6. The Bertz CT molecular complexity index is 853. The minimum Gasteiger partial charge on any atom is -0.377 e. The number of benzene rings is 1. The Morgan fingerprint density at radius 3 is 2.92 bits per heavy atom. The number of fused-ring (bicyclic) bond motifs is 1. The van der Waals surface area contributed by atoms with Crippen LogP contribution in [0.5, 0.6) is 0 Å². The smallest absolute Gasteiger partial charge is 0.246 e. The fraction of sp³-hybridized carbons (Fsp3) is 0.353. The van der Waals surface area contributed by atoms with E-state index in [-0.39, 0.29) is 12.5 Å². The van der Waals surface area contributed by atoms with Gasteiger partial charge in [0.15, 0.2) is 0 Å². The molecule has 2 heterocycles. The maximum atomic E-state index is 12.2. The third-order valence-electron chi connectivity index (χ3n) is 3.76. The second kappa shape index (κ2) is 7.11. The maximum Gasteiger partial charge on any atom is 0.246 e. The predicted molar refractivity (Wildman–Crippen MR) is 95.3 cm³/mol. The molecule has 0 unspecified atom stereocenters. The van der Waals surface area contributed by atoms with Crippen LogP contribution in [0.4, 0.5) is 5.13 Å². The summed E-state index contributed by atoms with van der Waals surface area (Å²) in [4.78, 5) is 12.2. The monoisotopic (exact) mass is 344 g/mol. The van der Waals surface area contributed by atoms with Gasteiger partial charge < -0.3 is 9.30 Å². The van der Waals surface area contributed by atoms with E-state index in [4.69, 9.17) is 4.74 Å². The van der Waals surface area contributed by atoms with Crippen LogP contribution in [0.3, 0.4) is 0 Å². The number of nitrogens with one attached hydrogen (secondary N) is 1. The van der Waals surface area contributed by atoms with Crippen LogP contribution in [0, 0.1) is 0 Å². The first-order valence-corrected chi connectivity index (χ1v) is 8.58. The summed E-state index contributed by atoms with van der Waals surface area (Å²) in [6.07, 6.45) is 1.94. The second-order valence-electron chi connectivity index (χ2n) is 5.90. The van der Waals surface area contributed by atoms with E-state index >= 15 is 0 Å². The minimum absolute atomic E-state index is 0.124. The average molecular weight is 344 g/mol. The molecule has 0 saturated carbocycles. The van der Waals surface area contributed by atoms with Crippen molar-refractivity contribution in [3.63, 3.8) is 0 Å². The van der Waals surface area contributed by atoms with E-state index in [0.717, 1.165) is 15.9 Å². The second-order valence-corrected chi connectivity index (χ2v) is 6.96. The van der Waals surface area contributed by atoms with Gasteiger partial charge >= 0.3 is 0 Å². The predicted octanol–water partition coefficient (Wildman–Crippen LogP) is 3.40. The standard InChI is InChI=1S/C17H20N4O2S/c1-11(2)12-4-5-14-13(8-12)6-7-21(14)9-15(22)18-17-20-19-16(24-17)10-23-3/h4-8,11H,9-10H2,1-3H3,(H,18,20,22). The molecule has 1 aromatic carbocycles. The first kappa shape index (κ1) is 16.6. The van der Waals surface area contributed by atoms with Crippen molar-refractivity contribution >= 4 is 33.3 Å². The molecule has 126 valence electrons. The van der Waals surface area contributed by atoms with Crippen LogP contribution >= 0.6 is 11.3 Å². The number of aromatic nitrogens is 3.